The van der Waals surface area contributed by atoms with Gasteiger partial charge in [-0.15, -0.1) is 0 Å². The Hall–Kier alpha value is -1.99. The molecule has 1 aliphatic heterocycles. The standard InChI is InChI=1S/C34H49NO10/c1-8-35-15-32(16-39-2)23(36)13-24(43-6)34-19-12-18-22(42-5)14-33(38,26(30(34)35)28(44-7)29(32)34)25(19)27(18)45-31(37)17-9-10-20(40-3)21(11-17)41-4/h9-11,18-19,22-30,36,38H,8,12-16H2,1-7H3/t18-,19-,22+,23-,24+,25-,26+,27+,28+,29-,30-,32+,33-,34+/m1/s1. The average molecular weight is 632 g/mol. The van der Waals surface area contributed by atoms with Crippen LogP contribution in [0.2, 0.25) is 0 Å². The molecule has 1 aromatic carbocycles. The number of aliphatic hydroxyl groups is 2. The Kier molecular flexibility index (Phi) is 7.75. The van der Waals surface area contributed by atoms with Gasteiger partial charge in [-0.2, -0.15) is 0 Å². The van der Waals surface area contributed by atoms with E-state index in [0.717, 1.165) is 6.54 Å². The van der Waals surface area contributed by atoms with Crippen LogP contribution < -0.4 is 9.47 Å². The highest BCUT2D eigenvalue weighted by Gasteiger charge is 2.87. The average Bonchev–Trinajstić information content (AvgIpc) is 3.48. The third kappa shape index (κ3) is 3.80. The van der Waals surface area contributed by atoms with Crippen LogP contribution in [0.25, 0.3) is 0 Å². The van der Waals surface area contributed by atoms with Crippen molar-refractivity contribution in [2.75, 3.05) is 62.4 Å². The molecular weight excluding hydrogens is 582 g/mol. The number of carbonyl (C=O) groups is 1. The van der Waals surface area contributed by atoms with E-state index in [1.54, 1.807) is 53.7 Å². The number of benzene rings is 1. The van der Waals surface area contributed by atoms with Crippen molar-refractivity contribution in [1.29, 1.82) is 0 Å². The quantitative estimate of drug-likeness (QED) is 0.369. The fraction of sp³-hybridized carbons (Fsp3) is 0.794. The first-order valence-electron chi connectivity index (χ1n) is 16.3. The van der Waals surface area contributed by atoms with E-state index in [4.69, 9.17) is 33.2 Å². The van der Waals surface area contributed by atoms with E-state index < -0.39 is 34.6 Å². The lowest BCUT2D eigenvalue weighted by Crippen LogP contribution is -2.78. The predicted molar refractivity (Wildman–Crippen MR) is 161 cm³/mol. The van der Waals surface area contributed by atoms with Crippen molar-refractivity contribution in [2.45, 2.75) is 68.3 Å². The number of hydrogen-bond donors (Lipinski definition) is 2. The highest BCUT2D eigenvalue weighted by atomic mass is 16.6. The first-order chi connectivity index (χ1) is 21.7. The summed E-state index contributed by atoms with van der Waals surface area (Å²) in [6.07, 6.45) is -0.567. The maximum atomic E-state index is 13.9. The van der Waals surface area contributed by atoms with E-state index in [9.17, 15) is 15.0 Å². The van der Waals surface area contributed by atoms with Gasteiger partial charge in [0, 0.05) is 88.4 Å². The highest BCUT2D eigenvalue weighted by Crippen LogP contribution is 2.79. The summed E-state index contributed by atoms with van der Waals surface area (Å²) in [5.74, 6) is -0.478. The maximum absolute atomic E-state index is 13.9. The van der Waals surface area contributed by atoms with Crippen molar-refractivity contribution in [3.8, 4) is 11.5 Å². The van der Waals surface area contributed by atoms with Gasteiger partial charge in [0.25, 0.3) is 0 Å². The van der Waals surface area contributed by atoms with Crippen LogP contribution in [0, 0.1) is 40.4 Å². The van der Waals surface area contributed by atoms with Gasteiger partial charge >= 0.3 is 5.97 Å². The van der Waals surface area contributed by atoms with Gasteiger partial charge in [-0.05, 0) is 37.1 Å². The van der Waals surface area contributed by atoms with Crippen LogP contribution in [0.5, 0.6) is 11.5 Å². The van der Waals surface area contributed by atoms with Crippen molar-refractivity contribution in [1.82, 2.24) is 4.90 Å². The van der Waals surface area contributed by atoms with Crippen LogP contribution in [-0.2, 0) is 23.7 Å². The summed E-state index contributed by atoms with van der Waals surface area (Å²) in [7, 11) is 9.93. The Morgan fingerprint density at radius 1 is 0.978 bits per heavy atom. The Balaban J connectivity index is 1.38. The number of esters is 1. The molecule has 1 saturated heterocycles. The van der Waals surface area contributed by atoms with E-state index in [-0.39, 0.29) is 53.9 Å². The molecule has 2 N–H and O–H groups in total. The molecule has 0 amide bonds. The second kappa shape index (κ2) is 11.0. The maximum Gasteiger partial charge on any atom is 0.338 e. The van der Waals surface area contributed by atoms with Crippen LogP contribution in [0.3, 0.4) is 0 Å². The Labute approximate surface area is 265 Å². The summed E-state index contributed by atoms with van der Waals surface area (Å²) in [6.45, 7) is 3.94. The molecule has 0 unspecified atom stereocenters. The molecule has 6 fully saturated rings. The summed E-state index contributed by atoms with van der Waals surface area (Å²) >= 11 is 0. The summed E-state index contributed by atoms with van der Waals surface area (Å²) in [5, 5.41) is 25.2. The molecule has 250 valence electrons. The predicted octanol–water partition coefficient (Wildman–Crippen LogP) is 2.01. The molecule has 1 spiro atoms. The van der Waals surface area contributed by atoms with E-state index in [2.05, 4.69) is 11.8 Å². The zero-order chi connectivity index (χ0) is 32.1. The lowest BCUT2D eigenvalue weighted by molar-refractivity contribution is -0.295. The normalized spacial score (nSPS) is 47.4. The van der Waals surface area contributed by atoms with Crippen molar-refractivity contribution >= 4 is 5.97 Å². The number of likely N-dealkylation sites (tertiary alicyclic amines) is 1. The number of carbonyl (C=O) groups excluding carboxylic acids is 1. The molecule has 5 aliphatic carbocycles. The minimum atomic E-state index is -1.24. The van der Waals surface area contributed by atoms with Crippen molar-refractivity contribution < 1.29 is 48.2 Å². The second-order valence-electron chi connectivity index (χ2n) is 14.3. The van der Waals surface area contributed by atoms with Crippen molar-refractivity contribution in [2.24, 2.45) is 40.4 Å². The van der Waals surface area contributed by atoms with Gasteiger partial charge in [0.05, 0.1) is 56.4 Å². The number of aliphatic hydroxyl groups excluding tert-OH is 1. The van der Waals surface area contributed by atoms with Gasteiger partial charge in [-0.3, -0.25) is 4.90 Å². The molecule has 6 aliphatic rings. The Morgan fingerprint density at radius 2 is 1.73 bits per heavy atom. The van der Waals surface area contributed by atoms with Crippen molar-refractivity contribution in [3.63, 3.8) is 0 Å². The fourth-order valence-electron chi connectivity index (χ4n) is 12.2. The van der Waals surface area contributed by atoms with Gasteiger partial charge in [0.2, 0.25) is 0 Å². The lowest BCUT2D eigenvalue weighted by Gasteiger charge is -2.70. The van der Waals surface area contributed by atoms with E-state index in [1.807, 2.05) is 0 Å². The summed E-state index contributed by atoms with van der Waals surface area (Å²) in [5.41, 5.74) is -1.96. The lowest BCUT2D eigenvalue weighted by atomic mass is 9.42. The number of methoxy groups -OCH3 is 6. The molecule has 0 aromatic heterocycles. The molecule has 1 heterocycles. The number of nitrogens with zero attached hydrogens (tertiary/aromatic N) is 1. The molecule has 7 bridgehead atoms. The first kappa shape index (κ1) is 31.6. The number of hydrogen-bond acceptors (Lipinski definition) is 11. The van der Waals surface area contributed by atoms with E-state index in [0.29, 0.717) is 49.5 Å². The fourth-order valence-corrected chi connectivity index (χ4v) is 12.2. The number of fused-ring (bicyclic) bond motifs is 2. The van der Waals surface area contributed by atoms with Gasteiger partial charge in [-0.1, -0.05) is 6.92 Å². The third-order valence-electron chi connectivity index (χ3n) is 13.3. The number of rotatable bonds is 10. The van der Waals surface area contributed by atoms with Crippen molar-refractivity contribution in [3.05, 3.63) is 23.8 Å². The Morgan fingerprint density at radius 3 is 2.36 bits per heavy atom. The molecule has 14 atom stereocenters. The Bertz CT molecular complexity index is 1310. The molecule has 45 heavy (non-hydrogen) atoms. The molecule has 11 nitrogen and oxygen atoms in total. The summed E-state index contributed by atoms with van der Waals surface area (Å²) in [4.78, 5) is 16.3. The smallest absolute Gasteiger partial charge is 0.338 e. The summed E-state index contributed by atoms with van der Waals surface area (Å²) < 4.78 is 42.2. The zero-order valence-corrected chi connectivity index (χ0v) is 27.4. The zero-order valence-electron chi connectivity index (χ0n) is 27.4. The number of piperidine rings is 1. The van der Waals surface area contributed by atoms with E-state index in [1.165, 1.54) is 7.11 Å². The molecule has 7 rings (SSSR count). The van der Waals surface area contributed by atoms with Crippen LogP contribution in [0.4, 0.5) is 0 Å². The topological polar surface area (TPSA) is 125 Å². The monoisotopic (exact) mass is 631 g/mol. The van der Waals surface area contributed by atoms with Crippen LogP contribution >= 0.6 is 0 Å². The number of ether oxygens (including phenoxy) is 7. The minimum Gasteiger partial charge on any atom is -0.493 e. The minimum absolute atomic E-state index is 0.0392. The molecule has 5 saturated carbocycles. The van der Waals surface area contributed by atoms with Crippen LogP contribution in [0.1, 0.15) is 36.5 Å². The largest absolute Gasteiger partial charge is 0.493 e. The molecule has 1 aromatic rings. The highest BCUT2D eigenvalue weighted by molar-refractivity contribution is 5.90. The molecule has 0 radical (unpaired) electrons. The second-order valence-corrected chi connectivity index (χ2v) is 14.3. The van der Waals surface area contributed by atoms with Gasteiger partial charge in [-0.25, -0.2) is 4.79 Å². The van der Waals surface area contributed by atoms with Gasteiger partial charge < -0.3 is 43.4 Å². The van der Waals surface area contributed by atoms with Crippen LogP contribution in [-0.4, -0.2) is 126 Å². The molecule has 11 heteroatoms. The van der Waals surface area contributed by atoms with Crippen LogP contribution in [0.15, 0.2) is 18.2 Å². The SMILES string of the molecule is CCN1C[C@]2(COC)[C@H](O)C[C@H](OC)[C@@]34[C@@H]5C[C@H]6[C@H](OC(=O)c7ccc(OC)c(OC)c7)[C@@H]5[C@](O)(C[C@@H]6OC)[C@@H]([C@H](OC)[C@H]23)[C@@H]14. The third-order valence-corrected chi connectivity index (χ3v) is 13.3. The van der Waals surface area contributed by atoms with E-state index >= 15 is 0 Å². The van der Waals surface area contributed by atoms with Gasteiger partial charge in [0.15, 0.2) is 11.5 Å². The summed E-state index contributed by atoms with van der Waals surface area (Å²) in [6, 6.07) is 4.96. The first-order valence-corrected chi connectivity index (χ1v) is 16.3. The molecular formula is C34H49NO10. The van der Waals surface area contributed by atoms with Gasteiger partial charge in [0.1, 0.15) is 6.10 Å².